The van der Waals surface area contributed by atoms with Crippen molar-refractivity contribution in [2.24, 2.45) is 0 Å². The van der Waals surface area contributed by atoms with E-state index in [4.69, 9.17) is 4.74 Å². The highest BCUT2D eigenvalue weighted by atomic mass is 16.6. The number of piperazine rings is 1. The molecule has 0 bridgehead atoms. The van der Waals surface area contributed by atoms with Gasteiger partial charge in [0.15, 0.2) is 0 Å². The molecule has 0 saturated carbocycles. The zero-order valence-electron chi connectivity index (χ0n) is 15.3. The molecule has 1 aliphatic heterocycles. The number of nitrogens with zero attached hydrogens (tertiary/aromatic N) is 2. The molecule has 1 heterocycles. The highest BCUT2D eigenvalue weighted by molar-refractivity contribution is 5.69. The number of hydrogen-bond donors (Lipinski definition) is 0. The molecule has 4 heteroatoms. The second-order valence-electron chi connectivity index (χ2n) is 7.62. The molecule has 2 rings (SSSR count). The second kappa shape index (κ2) is 6.81. The Morgan fingerprint density at radius 1 is 1.13 bits per heavy atom. The van der Waals surface area contributed by atoms with E-state index in [9.17, 15) is 4.79 Å². The Morgan fingerprint density at radius 3 is 2.26 bits per heavy atom. The SMILES string of the molecule is Cc1cccc(C(C)C)c1N1CCN(C(=O)OC(C)(C)C)CC1. The van der Waals surface area contributed by atoms with Gasteiger partial charge >= 0.3 is 6.09 Å². The van der Waals surface area contributed by atoms with Gasteiger partial charge in [-0.05, 0) is 44.7 Å². The van der Waals surface area contributed by atoms with Crippen LogP contribution >= 0.6 is 0 Å². The van der Waals surface area contributed by atoms with Gasteiger partial charge in [-0.1, -0.05) is 32.0 Å². The number of hydrogen-bond acceptors (Lipinski definition) is 3. The van der Waals surface area contributed by atoms with Crippen molar-refractivity contribution < 1.29 is 9.53 Å². The summed E-state index contributed by atoms with van der Waals surface area (Å²) in [7, 11) is 0. The number of rotatable bonds is 2. The molecule has 0 atom stereocenters. The van der Waals surface area contributed by atoms with Crippen LogP contribution in [-0.2, 0) is 4.74 Å². The molecule has 0 aliphatic carbocycles. The molecule has 0 aromatic heterocycles. The molecule has 1 fully saturated rings. The number of benzene rings is 1. The Kier molecular flexibility index (Phi) is 5.23. The quantitative estimate of drug-likeness (QED) is 0.820. The van der Waals surface area contributed by atoms with Crippen molar-refractivity contribution >= 4 is 11.8 Å². The fraction of sp³-hybridized carbons (Fsp3) is 0.632. The maximum absolute atomic E-state index is 12.2. The van der Waals surface area contributed by atoms with Crippen LogP contribution in [0.1, 0.15) is 51.7 Å². The van der Waals surface area contributed by atoms with Crippen LogP contribution in [0.25, 0.3) is 0 Å². The molecule has 128 valence electrons. The lowest BCUT2D eigenvalue weighted by Crippen LogP contribution is -2.50. The fourth-order valence-corrected chi connectivity index (χ4v) is 3.02. The minimum absolute atomic E-state index is 0.203. The lowest BCUT2D eigenvalue weighted by Gasteiger charge is -2.38. The van der Waals surface area contributed by atoms with E-state index >= 15 is 0 Å². The molecule has 4 nitrogen and oxygen atoms in total. The second-order valence-corrected chi connectivity index (χ2v) is 7.62. The van der Waals surface area contributed by atoms with Crippen LogP contribution in [0.4, 0.5) is 10.5 Å². The average molecular weight is 318 g/mol. The van der Waals surface area contributed by atoms with Crippen LogP contribution in [0.5, 0.6) is 0 Å². The van der Waals surface area contributed by atoms with Gasteiger partial charge in [-0.15, -0.1) is 0 Å². The Labute approximate surface area is 140 Å². The van der Waals surface area contributed by atoms with Crippen LogP contribution in [0, 0.1) is 6.92 Å². The van der Waals surface area contributed by atoms with Gasteiger partial charge in [0.25, 0.3) is 0 Å². The van der Waals surface area contributed by atoms with E-state index in [2.05, 4.69) is 43.9 Å². The first-order chi connectivity index (χ1) is 10.7. The molecule has 0 radical (unpaired) electrons. The van der Waals surface area contributed by atoms with Gasteiger partial charge in [-0.2, -0.15) is 0 Å². The summed E-state index contributed by atoms with van der Waals surface area (Å²) < 4.78 is 5.47. The summed E-state index contributed by atoms with van der Waals surface area (Å²) in [6.07, 6.45) is -0.203. The van der Waals surface area contributed by atoms with E-state index < -0.39 is 5.60 Å². The number of carbonyl (C=O) groups excluding carboxylic acids is 1. The molecule has 0 spiro atoms. The van der Waals surface area contributed by atoms with Crippen LogP contribution in [0.15, 0.2) is 18.2 Å². The summed E-state index contributed by atoms with van der Waals surface area (Å²) in [5.41, 5.74) is 3.60. The van der Waals surface area contributed by atoms with Gasteiger partial charge in [-0.25, -0.2) is 4.79 Å². The third-order valence-corrected chi connectivity index (χ3v) is 4.14. The fourth-order valence-electron chi connectivity index (χ4n) is 3.02. The number of para-hydroxylation sites is 1. The zero-order chi connectivity index (χ0) is 17.2. The summed E-state index contributed by atoms with van der Waals surface area (Å²) in [5.74, 6) is 0.494. The molecular weight excluding hydrogens is 288 g/mol. The Morgan fingerprint density at radius 2 is 1.74 bits per heavy atom. The van der Waals surface area contributed by atoms with Gasteiger partial charge in [0.2, 0.25) is 0 Å². The Balaban J connectivity index is 2.07. The van der Waals surface area contributed by atoms with Crippen LogP contribution < -0.4 is 4.90 Å². The molecule has 1 aromatic rings. The molecule has 0 N–H and O–H groups in total. The lowest BCUT2D eigenvalue weighted by molar-refractivity contribution is 0.0240. The first-order valence-electron chi connectivity index (χ1n) is 8.51. The number of anilines is 1. The van der Waals surface area contributed by atoms with Crippen molar-refractivity contribution in [1.29, 1.82) is 0 Å². The number of carbonyl (C=O) groups is 1. The Hall–Kier alpha value is -1.71. The predicted octanol–water partition coefficient (Wildman–Crippen LogP) is 4.18. The van der Waals surface area contributed by atoms with Crippen molar-refractivity contribution in [3.63, 3.8) is 0 Å². The van der Waals surface area contributed by atoms with E-state index in [1.807, 2.05) is 25.7 Å². The van der Waals surface area contributed by atoms with Crippen molar-refractivity contribution in [3.05, 3.63) is 29.3 Å². The van der Waals surface area contributed by atoms with E-state index in [0.717, 1.165) is 13.1 Å². The van der Waals surface area contributed by atoms with Gasteiger partial charge in [0.05, 0.1) is 0 Å². The highest BCUT2D eigenvalue weighted by Gasteiger charge is 2.27. The van der Waals surface area contributed by atoms with Crippen LogP contribution in [0.2, 0.25) is 0 Å². The topological polar surface area (TPSA) is 32.8 Å². The highest BCUT2D eigenvalue weighted by Crippen LogP contribution is 2.31. The van der Waals surface area contributed by atoms with Crippen molar-refractivity contribution in [2.75, 3.05) is 31.1 Å². The largest absolute Gasteiger partial charge is 0.444 e. The molecule has 1 saturated heterocycles. The van der Waals surface area contributed by atoms with Crippen LogP contribution in [-0.4, -0.2) is 42.8 Å². The van der Waals surface area contributed by atoms with Crippen LogP contribution in [0.3, 0.4) is 0 Å². The van der Waals surface area contributed by atoms with Gasteiger partial charge in [0, 0.05) is 31.9 Å². The Bertz CT molecular complexity index is 553. The summed E-state index contributed by atoms with van der Waals surface area (Å²) >= 11 is 0. The summed E-state index contributed by atoms with van der Waals surface area (Å²) in [6, 6.07) is 6.51. The zero-order valence-corrected chi connectivity index (χ0v) is 15.3. The third-order valence-electron chi connectivity index (χ3n) is 4.14. The predicted molar refractivity (Wildman–Crippen MR) is 95.3 cm³/mol. The summed E-state index contributed by atoms with van der Waals surface area (Å²) in [4.78, 5) is 16.4. The standard InChI is InChI=1S/C19H30N2O2/c1-14(2)16-9-7-8-15(3)17(16)20-10-12-21(13-11-20)18(22)23-19(4,5)6/h7-9,14H,10-13H2,1-6H3. The number of aryl methyl sites for hydroxylation is 1. The molecule has 1 aliphatic rings. The van der Waals surface area contributed by atoms with E-state index in [-0.39, 0.29) is 6.09 Å². The van der Waals surface area contributed by atoms with Crippen molar-refractivity contribution in [1.82, 2.24) is 4.90 Å². The van der Waals surface area contributed by atoms with E-state index in [1.165, 1.54) is 16.8 Å². The minimum Gasteiger partial charge on any atom is -0.444 e. The molecular formula is C19H30N2O2. The summed E-state index contributed by atoms with van der Waals surface area (Å²) in [6.45, 7) is 15.5. The third kappa shape index (κ3) is 4.40. The number of amides is 1. The molecule has 1 aromatic carbocycles. The maximum atomic E-state index is 12.2. The normalized spacial score (nSPS) is 16.0. The molecule has 23 heavy (non-hydrogen) atoms. The molecule has 1 amide bonds. The monoisotopic (exact) mass is 318 g/mol. The average Bonchev–Trinajstić information content (AvgIpc) is 2.45. The number of ether oxygens (including phenoxy) is 1. The smallest absolute Gasteiger partial charge is 0.410 e. The van der Waals surface area contributed by atoms with Gasteiger partial charge in [-0.3, -0.25) is 0 Å². The first-order valence-corrected chi connectivity index (χ1v) is 8.51. The lowest BCUT2D eigenvalue weighted by atomic mass is 9.97. The van der Waals surface area contributed by atoms with Crippen molar-refractivity contribution in [2.45, 2.75) is 53.1 Å². The van der Waals surface area contributed by atoms with E-state index in [1.54, 1.807) is 0 Å². The van der Waals surface area contributed by atoms with E-state index in [0.29, 0.717) is 19.0 Å². The first kappa shape index (κ1) is 17.6. The van der Waals surface area contributed by atoms with Gasteiger partial charge < -0.3 is 14.5 Å². The molecule has 0 unspecified atom stereocenters. The minimum atomic E-state index is -0.435. The summed E-state index contributed by atoms with van der Waals surface area (Å²) in [5, 5.41) is 0. The maximum Gasteiger partial charge on any atom is 0.410 e. The van der Waals surface area contributed by atoms with Gasteiger partial charge in [0.1, 0.15) is 5.60 Å². The van der Waals surface area contributed by atoms with Crippen molar-refractivity contribution in [3.8, 4) is 0 Å².